The molecule has 4 heteroatoms. The van der Waals surface area contributed by atoms with Gasteiger partial charge in [-0.15, -0.1) is 11.3 Å². The smallest absolute Gasteiger partial charge is 0.215 e. The number of hydrogen-bond donors (Lipinski definition) is 0. The topological polar surface area (TPSA) is 43.1 Å². The molecule has 0 aliphatic carbocycles. The van der Waals surface area contributed by atoms with E-state index in [0.29, 0.717) is 0 Å². The third-order valence-electron chi connectivity index (χ3n) is 2.42. The van der Waals surface area contributed by atoms with Crippen LogP contribution in [0.1, 0.15) is 16.4 Å². The van der Waals surface area contributed by atoms with Gasteiger partial charge in [0.2, 0.25) is 6.54 Å². The molecule has 1 aromatic heterocycles. The zero-order valence-electron chi connectivity index (χ0n) is 8.58. The molecule has 0 N–H and O–H groups in total. The molecule has 0 radical (unpaired) electrons. The molecule has 82 valence electrons. The van der Waals surface area contributed by atoms with E-state index in [0.717, 1.165) is 10.4 Å². The van der Waals surface area contributed by atoms with Crippen molar-refractivity contribution < 1.29 is 4.92 Å². The van der Waals surface area contributed by atoms with Crippen molar-refractivity contribution in [2.75, 3.05) is 6.54 Å². The first-order valence-electron chi connectivity index (χ1n) is 4.97. The third kappa shape index (κ3) is 2.46. The first-order chi connectivity index (χ1) is 7.77. The van der Waals surface area contributed by atoms with Gasteiger partial charge >= 0.3 is 0 Å². The lowest BCUT2D eigenvalue weighted by Gasteiger charge is -2.10. The number of benzene rings is 1. The average Bonchev–Trinajstić information content (AvgIpc) is 2.80. The maximum absolute atomic E-state index is 10.7. The summed E-state index contributed by atoms with van der Waals surface area (Å²) < 4.78 is 0. The van der Waals surface area contributed by atoms with Crippen LogP contribution in [0.5, 0.6) is 0 Å². The van der Waals surface area contributed by atoms with Crippen LogP contribution in [0.2, 0.25) is 0 Å². The van der Waals surface area contributed by atoms with Crippen LogP contribution in [0, 0.1) is 10.1 Å². The van der Waals surface area contributed by atoms with Gasteiger partial charge in [0.05, 0.1) is 5.92 Å². The second-order valence-corrected chi connectivity index (χ2v) is 4.47. The highest BCUT2D eigenvalue weighted by molar-refractivity contribution is 7.10. The van der Waals surface area contributed by atoms with E-state index < -0.39 is 0 Å². The summed E-state index contributed by atoms with van der Waals surface area (Å²) in [7, 11) is 0. The molecule has 0 aliphatic heterocycles. The van der Waals surface area contributed by atoms with Crippen LogP contribution in [0.4, 0.5) is 0 Å². The van der Waals surface area contributed by atoms with Crippen LogP contribution in [0.25, 0.3) is 0 Å². The van der Waals surface area contributed by atoms with Crippen LogP contribution in [0.15, 0.2) is 47.8 Å². The summed E-state index contributed by atoms with van der Waals surface area (Å²) in [5.41, 5.74) is 1.00. The normalized spacial score (nSPS) is 12.2. The minimum Gasteiger partial charge on any atom is -0.265 e. The number of nitrogens with zero attached hydrogens (tertiary/aromatic N) is 1. The van der Waals surface area contributed by atoms with Crippen molar-refractivity contribution in [1.82, 2.24) is 0 Å². The average molecular weight is 233 g/mol. The van der Waals surface area contributed by atoms with Gasteiger partial charge in [-0.1, -0.05) is 36.4 Å². The highest BCUT2D eigenvalue weighted by atomic mass is 32.1. The highest BCUT2D eigenvalue weighted by Gasteiger charge is 2.20. The second-order valence-electron chi connectivity index (χ2n) is 3.49. The highest BCUT2D eigenvalue weighted by Crippen LogP contribution is 2.28. The van der Waals surface area contributed by atoms with E-state index in [1.54, 1.807) is 11.3 Å². The Morgan fingerprint density at radius 1 is 1.19 bits per heavy atom. The first kappa shape index (κ1) is 10.8. The third-order valence-corrected chi connectivity index (χ3v) is 3.41. The molecular weight excluding hydrogens is 222 g/mol. The van der Waals surface area contributed by atoms with E-state index in [-0.39, 0.29) is 17.4 Å². The Hall–Kier alpha value is -1.68. The Balaban J connectivity index is 2.32. The van der Waals surface area contributed by atoms with Gasteiger partial charge in [0.1, 0.15) is 0 Å². The molecule has 0 spiro atoms. The van der Waals surface area contributed by atoms with Crippen molar-refractivity contribution in [3.63, 3.8) is 0 Å². The Bertz CT molecular complexity index is 453. The van der Waals surface area contributed by atoms with Crippen LogP contribution < -0.4 is 0 Å². The molecule has 0 aliphatic rings. The van der Waals surface area contributed by atoms with Gasteiger partial charge in [0.25, 0.3) is 0 Å². The van der Waals surface area contributed by atoms with Crippen LogP contribution in [-0.4, -0.2) is 11.5 Å². The van der Waals surface area contributed by atoms with Crippen molar-refractivity contribution in [3.8, 4) is 0 Å². The van der Waals surface area contributed by atoms with Crippen molar-refractivity contribution >= 4 is 11.3 Å². The Morgan fingerprint density at radius 2 is 1.94 bits per heavy atom. The van der Waals surface area contributed by atoms with Crippen molar-refractivity contribution in [2.24, 2.45) is 0 Å². The van der Waals surface area contributed by atoms with Gasteiger partial charge < -0.3 is 0 Å². The van der Waals surface area contributed by atoms with Crippen LogP contribution >= 0.6 is 11.3 Å². The van der Waals surface area contributed by atoms with Gasteiger partial charge in [-0.05, 0) is 17.0 Å². The predicted octanol–water partition coefficient (Wildman–Crippen LogP) is 3.16. The molecule has 0 saturated carbocycles. The number of thiophene rings is 1. The Kier molecular flexibility index (Phi) is 3.31. The molecule has 0 fully saturated rings. The molecule has 1 atom stereocenters. The fraction of sp³-hybridized carbons (Fsp3) is 0.167. The zero-order chi connectivity index (χ0) is 11.4. The van der Waals surface area contributed by atoms with E-state index >= 15 is 0 Å². The van der Waals surface area contributed by atoms with E-state index in [1.807, 2.05) is 47.8 Å². The lowest BCUT2D eigenvalue weighted by Crippen LogP contribution is -2.12. The van der Waals surface area contributed by atoms with Crippen molar-refractivity contribution in [2.45, 2.75) is 5.92 Å². The lowest BCUT2D eigenvalue weighted by molar-refractivity contribution is -0.481. The van der Waals surface area contributed by atoms with Gasteiger partial charge in [-0.2, -0.15) is 0 Å². The van der Waals surface area contributed by atoms with E-state index in [1.165, 1.54) is 0 Å². The molecule has 0 unspecified atom stereocenters. The van der Waals surface area contributed by atoms with Crippen LogP contribution in [-0.2, 0) is 0 Å². The van der Waals surface area contributed by atoms with E-state index in [2.05, 4.69) is 0 Å². The fourth-order valence-electron chi connectivity index (χ4n) is 1.68. The number of hydrogen-bond acceptors (Lipinski definition) is 3. The summed E-state index contributed by atoms with van der Waals surface area (Å²) in [5, 5.41) is 12.6. The largest absolute Gasteiger partial charge is 0.265 e. The Labute approximate surface area is 97.5 Å². The maximum Gasteiger partial charge on any atom is 0.215 e. The molecule has 2 rings (SSSR count). The molecule has 2 aromatic rings. The number of rotatable bonds is 4. The van der Waals surface area contributed by atoms with Gasteiger partial charge in [0.15, 0.2) is 0 Å². The van der Waals surface area contributed by atoms with E-state index in [4.69, 9.17) is 0 Å². The lowest BCUT2D eigenvalue weighted by atomic mass is 9.98. The maximum atomic E-state index is 10.7. The Morgan fingerprint density at radius 3 is 2.50 bits per heavy atom. The summed E-state index contributed by atoms with van der Waals surface area (Å²) in [5.74, 6) is -0.129. The second kappa shape index (κ2) is 4.90. The molecule has 0 amide bonds. The molecule has 16 heavy (non-hydrogen) atoms. The molecule has 3 nitrogen and oxygen atoms in total. The predicted molar refractivity (Wildman–Crippen MR) is 64.5 cm³/mol. The summed E-state index contributed by atoms with van der Waals surface area (Å²) in [4.78, 5) is 11.5. The number of nitro groups is 1. The molecule has 1 heterocycles. The quantitative estimate of drug-likeness (QED) is 0.601. The van der Waals surface area contributed by atoms with Gasteiger partial charge in [-0.3, -0.25) is 10.1 Å². The molecule has 1 aromatic carbocycles. The summed E-state index contributed by atoms with van der Waals surface area (Å²) >= 11 is 1.56. The first-order valence-corrected chi connectivity index (χ1v) is 5.85. The monoisotopic (exact) mass is 233 g/mol. The minimum absolute atomic E-state index is 0.0511. The van der Waals surface area contributed by atoms with Crippen molar-refractivity contribution in [1.29, 1.82) is 0 Å². The zero-order valence-corrected chi connectivity index (χ0v) is 9.39. The molecule has 0 bridgehead atoms. The summed E-state index contributed by atoms with van der Waals surface area (Å²) in [6.07, 6.45) is 0. The standard InChI is InChI=1S/C12H11NO2S/c14-13(15)9-11(12-7-4-8-16-12)10-5-2-1-3-6-10/h1-8,11H,9H2/t11-/m0/s1. The molecular formula is C12H11NO2S. The minimum atomic E-state index is -0.253. The SMILES string of the molecule is O=[N+]([O-])C[C@@H](c1ccccc1)c1cccs1. The van der Waals surface area contributed by atoms with Crippen LogP contribution in [0.3, 0.4) is 0 Å². The van der Waals surface area contributed by atoms with E-state index in [9.17, 15) is 10.1 Å². The fourth-order valence-corrected chi connectivity index (χ4v) is 2.53. The van der Waals surface area contributed by atoms with Crippen molar-refractivity contribution in [3.05, 3.63) is 68.4 Å². The van der Waals surface area contributed by atoms with Gasteiger partial charge in [0, 0.05) is 9.80 Å². The summed E-state index contributed by atoms with van der Waals surface area (Å²) in [6, 6.07) is 13.5. The molecule has 0 saturated heterocycles. The summed E-state index contributed by atoms with van der Waals surface area (Å²) in [6.45, 7) is -0.0511. The van der Waals surface area contributed by atoms with Gasteiger partial charge in [-0.25, -0.2) is 0 Å².